The van der Waals surface area contributed by atoms with Gasteiger partial charge in [0, 0.05) is 12.3 Å². The van der Waals surface area contributed by atoms with E-state index in [9.17, 15) is 24.9 Å². The molecule has 0 bridgehead atoms. The Bertz CT molecular complexity index is 1010. The molecule has 0 radical (unpaired) electrons. The van der Waals surface area contributed by atoms with Crippen molar-refractivity contribution in [1.29, 1.82) is 0 Å². The highest BCUT2D eigenvalue weighted by atomic mass is 32.5. The Morgan fingerprint density at radius 1 is 1.31 bits per heavy atom. The first kappa shape index (κ1) is 28.5. The van der Waals surface area contributed by atoms with Gasteiger partial charge in [0.1, 0.15) is 29.6 Å². The summed E-state index contributed by atoms with van der Waals surface area (Å²) in [6.45, 7) is 2.60. The Hall–Kier alpha value is -2.09. The maximum Gasteiger partial charge on any atom is 0.323 e. The van der Waals surface area contributed by atoms with Crippen LogP contribution >= 0.6 is 6.64 Å². The van der Waals surface area contributed by atoms with E-state index in [2.05, 4.69) is 10.4 Å². The van der Waals surface area contributed by atoms with Crippen molar-refractivity contribution in [2.75, 3.05) is 6.61 Å². The van der Waals surface area contributed by atoms with Crippen LogP contribution in [0.2, 0.25) is 0 Å². The van der Waals surface area contributed by atoms with Crippen molar-refractivity contribution < 1.29 is 43.4 Å². The van der Waals surface area contributed by atoms with E-state index in [1.807, 2.05) is 0 Å². The number of carbonyl (C=O) groups is 2. The van der Waals surface area contributed by atoms with E-state index in [0.717, 1.165) is 11.0 Å². The molecule has 2 heterocycles. The fourth-order valence-corrected chi connectivity index (χ4v) is 6.02. The van der Waals surface area contributed by atoms with Crippen LogP contribution in [0, 0.1) is 0 Å². The molecule has 1 amide bonds. The highest BCUT2D eigenvalue weighted by Crippen LogP contribution is 2.46. The van der Waals surface area contributed by atoms with E-state index in [-0.39, 0.29) is 12.7 Å². The van der Waals surface area contributed by atoms with Crippen LogP contribution in [0.3, 0.4) is 0 Å². The standard InChI is InChI=1S/C22H32N3O9PS/c1-13(2)32-19(28)14(3)24-35(36,34-15-8-6-5-7-9-15)31-12-16-18(27)22(4,30)20(33-16)25-11-10-17(26)23-21(25)29/h5-11,13-14,16,18,20-21,27,29-30H,12H2,1-4H3,(H,23,26)(H,24,36). The van der Waals surface area contributed by atoms with Gasteiger partial charge in [0.05, 0.1) is 12.7 Å². The Morgan fingerprint density at radius 3 is 2.58 bits per heavy atom. The lowest BCUT2D eigenvalue weighted by atomic mass is 9.96. The predicted octanol–water partition coefficient (Wildman–Crippen LogP) is 0.294. The van der Waals surface area contributed by atoms with E-state index in [4.69, 9.17) is 30.3 Å². The number of hydrogen-bond donors (Lipinski definition) is 5. The molecule has 7 atom stereocenters. The SMILES string of the molecule is CC(C)OC(=O)C(C)NP(=S)(OCC1OC(N2C=CC(=O)NC2O)C(C)(O)C1O)Oc1ccccc1. The maximum absolute atomic E-state index is 12.4. The van der Waals surface area contributed by atoms with Crippen molar-refractivity contribution in [3.05, 3.63) is 42.6 Å². The summed E-state index contributed by atoms with van der Waals surface area (Å²) in [5, 5.41) is 37.1. The number of nitrogens with zero attached hydrogens (tertiary/aromatic N) is 1. The number of benzene rings is 1. The summed E-state index contributed by atoms with van der Waals surface area (Å²) in [4.78, 5) is 25.0. The van der Waals surface area contributed by atoms with Crippen LogP contribution in [0.4, 0.5) is 0 Å². The third-order valence-corrected chi connectivity index (χ3v) is 7.91. The fraction of sp³-hybridized carbons (Fsp3) is 0.545. The van der Waals surface area contributed by atoms with E-state index in [1.54, 1.807) is 51.1 Å². The minimum Gasteiger partial charge on any atom is -0.462 e. The predicted molar refractivity (Wildman–Crippen MR) is 132 cm³/mol. The fourth-order valence-electron chi connectivity index (χ4n) is 3.60. The molecule has 200 valence electrons. The average molecular weight is 546 g/mol. The molecule has 0 aromatic heterocycles. The second kappa shape index (κ2) is 11.5. The van der Waals surface area contributed by atoms with Crippen LogP contribution in [0.5, 0.6) is 5.75 Å². The Labute approximate surface area is 214 Å². The highest BCUT2D eigenvalue weighted by molar-refractivity contribution is 8.09. The minimum atomic E-state index is -3.41. The third kappa shape index (κ3) is 6.81. The number of nitrogens with one attached hydrogen (secondary N) is 2. The van der Waals surface area contributed by atoms with Crippen LogP contribution in [-0.4, -0.2) is 81.2 Å². The molecular weight excluding hydrogens is 513 g/mol. The van der Waals surface area contributed by atoms with Gasteiger partial charge < -0.3 is 44.1 Å². The monoisotopic (exact) mass is 545 g/mol. The van der Waals surface area contributed by atoms with Gasteiger partial charge in [-0.15, -0.1) is 0 Å². The van der Waals surface area contributed by atoms with Gasteiger partial charge in [-0.05, 0) is 51.6 Å². The Morgan fingerprint density at radius 2 is 1.97 bits per heavy atom. The van der Waals surface area contributed by atoms with Crippen LogP contribution < -0.4 is 14.9 Å². The molecule has 1 fully saturated rings. The molecular formula is C22H32N3O9PS. The molecule has 36 heavy (non-hydrogen) atoms. The highest BCUT2D eigenvalue weighted by Gasteiger charge is 2.55. The van der Waals surface area contributed by atoms with Crippen molar-refractivity contribution in [3.8, 4) is 5.75 Å². The van der Waals surface area contributed by atoms with Gasteiger partial charge in [-0.1, -0.05) is 18.2 Å². The molecule has 0 spiro atoms. The maximum atomic E-state index is 12.4. The Balaban J connectivity index is 1.75. The molecule has 12 nitrogen and oxygen atoms in total. The number of aliphatic hydroxyl groups excluding tert-OH is 2. The smallest absolute Gasteiger partial charge is 0.323 e. The number of aliphatic hydroxyl groups is 3. The van der Waals surface area contributed by atoms with Gasteiger partial charge in [-0.2, -0.15) is 0 Å². The number of esters is 1. The summed E-state index contributed by atoms with van der Waals surface area (Å²) in [6, 6.07) is 7.75. The van der Waals surface area contributed by atoms with Gasteiger partial charge in [0.2, 0.25) is 12.3 Å². The molecule has 0 aliphatic carbocycles. The van der Waals surface area contributed by atoms with Crippen LogP contribution in [-0.2, 0) is 35.4 Å². The summed E-state index contributed by atoms with van der Waals surface area (Å²) < 4.78 is 22.9. The molecule has 3 rings (SSSR count). The zero-order valence-electron chi connectivity index (χ0n) is 20.3. The lowest BCUT2D eigenvalue weighted by molar-refractivity contribution is -0.173. The molecule has 1 saturated heterocycles. The zero-order valence-corrected chi connectivity index (χ0v) is 22.0. The number of ether oxygens (including phenoxy) is 2. The zero-order chi connectivity index (χ0) is 26.7. The van der Waals surface area contributed by atoms with Crippen LogP contribution in [0.1, 0.15) is 27.7 Å². The van der Waals surface area contributed by atoms with Gasteiger partial charge in [-0.25, -0.2) is 5.09 Å². The quantitative estimate of drug-likeness (QED) is 0.202. The van der Waals surface area contributed by atoms with Crippen molar-refractivity contribution in [2.24, 2.45) is 0 Å². The second-order valence-corrected chi connectivity index (χ2v) is 12.0. The molecule has 7 unspecified atom stereocenters. The second-order valence-electron chi connectivity index (χ2n) is 8.88. The number of para-hydroxylation sites is 1. The average Bonchev–Trinajstić information content (AvgIpc) is 3.01. The van der Waals surface area contributed by atoms with E-state index in [1.165, 1.54) is 13.1 Å². The molecule has 1 aromatic rings. The van der Waals surface area contributed by atoms with Gasteiger partial charge in [-0.3, -0.25) is 9.59 Å². The molecule has 1 aromatic carbocycles. The van der Waals surface area contributed by atoms with Crippen molar-refractivity contribution in [2.45, 2.75) is 70.2 Å². The largest absolute Gasteiger partial charge is 0.462 e. The van der Waals surface area contributed by atoms with Gasteiger partial charge >= 0.3 is 12.6 Å². The normalized spacial score (nSPS) is 30.6. The molecule has 14 heteroatoms. The van der Waals surface area contributed by atoms with E-state index >= 15 is 0 Å². The van der Waals surface area contributed by atoms with Crippen molar-refractivity contribution >= 4 is 30.3 Å². The van der Waals surface area contributed by atoms with E-state index < -0.39 is 54.9 Å². The number of rotatable bonds is 10. The van der Waals surface area contributed by atoms with Crippen LogP contribution in [0.25, 0.3) is 0 Å². The summed E-state index contributed by atoms with van der Waals surface area (Å²) in [7, 11) is 0. The number of amides is 1. The summed E-state index contributed by atoms with van der Waals surface area (Å²) in [6.07, 6.45) is -3.18. The summed E-state index contributed by atoms with van der Waals surface area (Å²) in [5.74, 6) is -0.674. The summed E-state index contributed by atoms with van der Waals surface area (Å²) >= 11 is 5.65. The van der Waals surface area contributed by atoms with Crippen molar-refractivity contribution in [1.82, 2.24) is 15.3 Å². The first-order valence-electron chi connectivity index (χ1n) is 11.3. The number of carbonyl (C=O) groups excluding carboxylic acids is 2. The topological polar surface area (TPSA) is 159 Å². The molecule has 2 aliphatic heterocycles. The molecule has 5 N–H and O–H groups in total. The minimum absolute atomic E-state index is 0.323. The van der Waals surface area contributed by atoms with Gasteiger partial charge in [0.25, 0.3) is 0 Å². The first-order chi connectivity index (χ1) is 16.8. The van der Waals surface area contributed by atoms with Gasteiger partial charge in [0.15, 0.2) is 6.23 Å². The first-order valence-corrected chi connectivity index (χ1v) is 13.9. The van der Waals surface area contributed by atoms with Crippen molar-refractivity contribution in [3.63, 3.8) is 0 Å². The lowest BCUT2D eigenvalue weighted by Gasteiger charge is -2.39. The lowest BCUT2D eigenvalue weighted by Crippen LogP contribution is -2.59. The summed E-state index contributed by atoms with van der Waals surface area (Å²) in [5.41, 5.74) is -1.86. The molecule has 2 aliphatic rings. The molecule has 0 saturated carbocycles. The van der Waals surface area contributed by atoms with E-state index in [0.29, 0.717) is 5.75 Å². The Kier molecular flexibility index (Phi) is 9.12. The van der Waals surface area contributed by atoms with Crippen LogP contribution in [0.15, 0.2) is 42.6 Å². The third-order valence-electron chi connectivity index (χ3n) is 5.41. The number of hydrogen-bond acceptors (Lipinski definition) is 11.